The minimum absolute atomic E-state index is 0. The molecule has 3 N–H and O–H groups in total. The molecule has 0 aliphatic heterocycles. The number of halogens is 1. The average molecular weight is 450 g/mol. The topological polar surface area (TPSA) is 86.2 Å². The molecular formula is C16H27IN4O3. The number of aliphatic imine (C=N–C) groups is 1. The number of carbonyl (C=O) groups is 1. The molecule has 0 unspecified atom stereocenters. The summed E-state index contributed by atoms with van der Waals surface area (Å²) in [5, 5.41) is 16.2. The number of carbonyl (C=O) groups excluding carboxylic acids is 1. The minimum atomic E-state index is -0.0602. The molecule has 1 rings (SSSR count). The number of methoxy groups -OCH3 is 1. The largest absolute Gasteiger partial charge is 0.508 e. The van der Waals surface area contributed by atoms with Crippen LogP contribution in [0.1, 0.15) is 12.5 Å². The lowest BCUT2D eigenvalue weighted by molar-refractivity contribution is -0.127. The fourth-order valence-corrected chi connectivity index (χ4v) is 1.83. The number of nitrogens with zero attached hydrogens (tertiary/aromatic N) is 2. The zero-order valence-corrected chi connectivity index (χ0v) is 17.0. The summed E-state index contributed by atoms with van der Waals surface area (Å²) in [6, 6.07) is 5.23. The number of likely N-dealkylation sites (N-methyl/N-ethyl adjacent to an activating group) is 1. The molecule has 0 fully saturated rings. The van der Waals surface area contributed by atoms with E-state index in [0.29, 0.717) is 31.2 Å². The van der Waals surface area contributed by atoms with Crippen LogP contribution in [-0.2, 0) is 11.2 Å². The molecule has 1 aromatic rings. The fourth-order valence-electron chi connectivity index (χ4n) is 1.83. The maximum absolute atomic E-state index is 11.6. The summed E-state index contributed by atoms with van der Waals surface area (Å²) in [5.74, 6) is 1.35. The molecule has 1 amide bonds. The molecule has 8 heteroatoms. The number of rotatable bonds is 7. The predicted molar refractivity (Wildman–Crippen MR) is 106 cm³/mol. The van der Waals surface area contributed by atoms with Crippen molar-refractivity contribution < 1.29 is 14.6 Å². The lowest BCUT2D eigenvalue weighted by Crippen LogP contribution is -2.39. The van der Waals surface area contributed by atoms with E-state index in [2.05, 4.69) is 15.6 Å². The number of phenols is 1. The summed E-state index contributed by atoms with van der Waals surface area (Å²) < 4.78 is 5.06. The predicted octanol–water partition coefficient (Wildman–Crippen LogP) is 1.20. The number of aromatic hydroxyl groups is 1. The van der Waals surface area contributed by atoms with Crippen molar-refractivity contribution in [3.05, 3.63) is 23.8 Å². The molecule has 0 aliphatic carbocycles. The van der Waals surface area contributed by atoms with Crippen LogP contribution in [0, 0.1) is 0 Å². The van der Waals surface area contributed by atoms with Gasteiger partial charge in [-0.25, -0.2) is 4.99 Å². The molecule has 136 valence electrons. The Morgan fingerprint density at radius 2 is 2.04 bits per heavy atom. The van der Waals surface area contributed by atoms with Crippen molar-refractivity contribution in [2.75, 3.05) is 40.8 Å². The van der Waals surface area contributed by atoms with E-state index in [9.17, 15) is 9.90 Å². The standard InChI is InChI=1S/C16H26N4O3.HI/c1-5-17-16(19-11-15(22)20(2)3)18-9-8-12-6-7-13(23-4)10-14(12)21;/h6-7,10,21H,5,8-9,11H2,1-4H3,(H2,17,18,19);1H. The van der Waals surface area contributed by atoms with Crippen molar-refractivity contribution in [1.29, 1.82) is 0 Å². The zero-order chi connectivity index (χ0) is 17.2. The van der Waals surface area contributed by atoms with Gasteiger partial charge in [-0.1, -0.05) is 6.07 Å². The van der Waals surface area contributed by atoms with Crippen LogP contribution in [0.5, 0.6) is 11.5 Å². The van der Waals surface area contributed by atoms with Gasteiger partial charge in [0.25, 0.3) is 0 Å². The average Bonchev–Trinajstić information content (AvgIpc) is 2.53. The van der Waals surface area contributed by atoms with Gasteiger partial charge in [0.05, 0.1) is 7.11 Å². The Hall–Kier alpha value is -1.71. The van der Waals surface area contributed by atoms with Crippen LogP contribution in [0.4, 0.5) is 0 Å². The Balaban J connectivity index is 0.00000529. The molecule has 24 heavy (non-hydrogen) atoms. The van der Waals surface area contributed by atoms with Crippen LogP contribution in [0.25, 0.3) is 0 Å². The Morgan fingerprint density at radius 1 is 1.33 bits per heavy atom. The Morgan fingerprint density at radius 3 is 2.58 bits per heavy atom. The summed E-state index contributed by atoms with van der Waals surface area (Å²) in [7, 11) is 4.96. The molecule has 0 bridgehead atoms. The molecule has 0 radical (unpaired) electrons. The molecule has 1 aromatic carbocycles. The van der Waals surface area contributed by atoms with E-state index in [0.717, 1.165) is 5.56 Å². The lowest BCUT2D eigenvalue weighted by atomic mass is 10.1. The monoisotopic (exact) mass is 450 g/mol. The van der Waals surface area contributed by atoms with Crippen LogP contribution in [0.2, 0.25) is 0 Å². The van der Waals surface area contributed by atoms with Gasteiger partial charge in [-0.2, -0.15) is 0 Å². The summed E-state index contributed by atoms with van der Waals surface area (Å²) in [6.45, 7) is 3.34. The maximum atomic E-state index is 11.6. The van der Waals surface area contributed by atoms with Gasteiger partial charge < -0.3 is 25.4 Å². The smallest absolute Gasteiger partial charge is 0.243 e. The number of guanidine groups is 1. The third kappa shape index (κ3) is 7.71. The van der Waals surface area contributed by atoms with Crippen molar-refractivity contribution in [2.24, 2.45) is 4.99 Å². The van der Waals surface area contributed by atoms with Crippen molar-refractivity contribution in [1.82, 2.24) is 15.5 Å². The van der Waals surface area contributed by atoms with Crippen LogP contribution in [0.3, 0.4) is 0 Å². The normalized spacial score (nSPS) is 10.6. The van der Waals surface area contributed by atoms with E-state index in [4.69, 9.17) is 4.74 Å². The van der Waals surface area contributed by atoms with Crippen molar-refractivity contribution in [3.8, 4) is 11.5 Å². The van der Waals surface area contributed by atoms with E-state index in [-0.39, 0.29) is 42.2 Å². The zero-order valence-electron chi connectivity index (χ0n) is 14.6. The second-order valence-electron chi connectivity index (χ2n) is 5.15. The molecular weight excluding hydrogens is 423 g/mol. The van der Waals surface area contributed by atoms with Gasteiger partial charge in [-0.3, -0.25) is 4.79 Å². The van der Waals surface area contributed by atoms with Gasteiger partial charge in [-0.15, -0.1) is 24.0 Å². The highest BCUT2D eigenvalue weighted by atomic mass is 127. The highest BCUT2D eigenvalue weighted by Gasteiger charge is 2.06. The molecule has 0 spiro atoms. The summed E-state index contributed by atoms with van der Waals surface area (Å²) in [5.41, 5.74) is 0.818. The Bertz CT molecular complexity index is 550. The van der Waals surface area contributed by atoms with E-state index in [1.54, 1.807) is 27.3 Å². The van der Waals surface area contributed by atoms with E-state index in [1.807, 2.05) is 19.1 Å². The van der Waals surface area contributed by atoms with Crippen molar-refractivity contribution in [2.45, 2.75) is 13.3 Å². The van der Waals surface area contributed by atoms with Gasteiger partial charge in [0.1, 0.15) is 18.0 Å². The number of hydrogen-bond donors (Lipinski definition) is 3. The quantitative estimate of drug-likeness (QED) is 0.330. The first-order chi connectivity index (χ1) is 11.0. The highest BCUT2D eigenvalue weighted by molar-refractivity contribution is 14.0. The van der Waals surface area contributed by atoms with E-state index >= 15 is 0 Å². The molecule has 0 saturated carbocycles. The summed E-state index contributed by atoms with van der Waals surface area (Å²) in [6.07, 6.45) is 0.627. The number of hydrogen-bond acceptors (Lipinski definition) is 4. The van der Waals surface area contributed by atoms with E-state index < -0.39 is 0 Å². The third-order valence-electron chi connectivity index (χ3n) is 3.19. The number of benzene rings is 1. The molecule has 7 nitrogen and oxygen atoms in total. The molecule has 0 aliphatic rings. The van der Waals surface area contributed by atoms with Crippen LogP contribution >= 0.6 is 24.0 Å². The first kappa shape index (κ1) is 22.3. The first-order valence-electron chi connectivity index (χ1n) is 7.56. The van der Waals surface area contributed by atoms with Gasteiger partial charge in [0.15, 0.2) is 5.96 Å². The minimum Gasteiger partial charge on any atom is -0.508 e. The van der Waals surface area contributed by atoms with Crippen LogP contribution < -0.4 is 15.4 Å². The number of phenolic OH excluding ortho intramolecular Hbond substituents is 1. The number of amides is 1. The van der Waals surface area contributed by atoms with Crippen LogP contribution in [0.15, 0.2) is 23.2 Å². The Kier molecular flexibility index (Phi) is 10.9. The van der Waals surface area contributed by atoms with Gasteiger partial charge in [-0.05, 0) is 25.0 Å². The van der Waals surface area contributed by atoms with Gasteiger partial charge >= 0.3 is 0 Å². The fraction of sp³-hybridized carbons (Fsp3) is 0.500. The Labute approximate surface area is 160 Å². The summed E-state index contributed by atoms with van der Waals surface area (Å²) in [4.78, 5) is 17.3. The first-order valence-corrected chi connectivity index (χ1v) is 7.56. The highest BCUT2D eigenvalue weighted by Crippen LogP contribution is 2.23. The maximum Gasteiger partial charge on any atom is 0.243 e. The SMILES string of the molecule is CCNC(=NCC(=O)N(C)C)NCCc1ccc(OC)cc1O.I. The van der Waals surface area contributed by atoms with Gasteiger partial charge in [0, 0.05) is 33.3 Å². The van der Waals surface area contributed by atoms with Crippen molar-refractivity contribution >= 4 is 35.8 Å². The molecule has 0 aromatic heterocycles. The second kappa shape index (κ2) is 11.8. The number of ether oxygens (including phenoxy) is 1. The molecule has 0 atom stereocenters. The lowest BCUT2D eigenvalue weighted by Gasteiger charge is -2.13. The van der Waals surface area contributed by atoms with Crippen molar-refractivity contribution in [3.63, 3.8) is 0 Å². The molecule has 0 heterocycles. The molecule has 0 saturated heterocycles. The third-order valence-corrected chi connectivity index (χ3v) is 3.19. The van der Waals surface area contributed by atoms with Crippen LogP contribution in [-0.4, -0.2) is 62.7 Å². The van der Waals surface area contributed by atoms with Gasteiger partial charge in [0.2, 0.25) is 5.91 Å². The number of nitrogens with one attached hydrogen (secondary N) is 2. The van der Waals surface area contributed by atoms with E-state index in [1.165, 1.54) is 4.90 Å². The summed E-state index contributed by atoms with van der Waals surface area (Å²) >= 11 is 0. The second-order valence-corrected chi connectivity index (χ2v) is 5.15.